The first-order valence-corrected chi connectivity index (χ1v) is 19.7. The van der Waals surface area contributed by atoms with E-state index in [9.17, 15) is 0 Å². The molecule has 12 rings (SSSR count). The molecule has 58 heavy (non-hydrogen) atoms. The van der Waals surface area contributed by atoms with Crippen LogP contribution in [0.2, 0.25) is 0 Å². The third-order valence-corrected chi connectivity index (χ3v) is 11.6. The van der Waals surface area contributed by atoms with Gasteiger partial charge in [-0.15, -0.1) is 0 Å². The molecule has 10 aromatic carbocycles. The topological polar surface area (TPSA) is 32.8 Å². The van der Waals surface area contributed by atoms with Crippen molar-refractivity contribution in [1.29, 1.82) is 0 Å². The second-order valence-electron chi connectivity index (χ2n) is 14.9. The Morgan fingerprint density at radius 1 is 0.259 bits per heavy atom. The molecule has 2 aromatic heterocycles. The van der Waals surface area contributed by atoms with Crippen molar-refractivity contribution in [3.8, 4) is 0 Å². The highest BCUT2D eigenvalue weighted by atomic mass is 16.3. The summed E-state index contributed by atoms with van der Waals surface area (Å²) in [6.07, 6.45) is 0. The summed E-state index contributed by atoms with van der Waals surface area (Å²) in [6, 6.07) is 73.4. The van der Waals surface area contributed by atoms with Crippen molar-refractivity contribution in [2.24, 2.45) is 0 Å². The summed E-state index contributed by atoms with van der Waals surface area (Å²) in [5, 5.41) is 11.5. The van der Waals surface area contributed by atoms with Gasteiger partial charge < -0.3 is 18.6 Å². The molecular formula is C54H34N2O2. The van der Waals surface area contributed by atoms with E-state index in [2.05, 4.69) is 192 Å². The van der Waals surface area contributed by atoms with Gasteiger partial charge in [0.05, 0.1) is 11.4 Å². The molecule has 0 atom stereocenters. The van der Waals surface area contributed by atoms with Crippen molar-refractivity contribution in [3.05, 3.63) is 206 Å². The lowest BCUT2D eigenvalue weighted by Gasteiger charge is -2.29. The number of fused-ring (bicyclic) bond motifs is 11. The molecule has 0 saturated heterocycles. The summed E-state index contributed by atoms with van der Waals surface area (Å²) in [5.74, 6) is 0. The summed E-state index contributed by atoms with van der Waals surface area (Å²) >= 11 is 0. The van der Waals surface area contributed by atoms with E-state index in [4.69, 9.17) is 8.83 Å². The molecule has 0 aliphatic rings. The monoisotopic (exact) mass is 742 g/mol. The van der Waals surface area contributed by atoms with Crippen molar-refractivity contribution in [3.63, 3.8) is 0 Å². The second-order valence-corrected chi connectivity index (χ2v) is 14.9. The molecule has 272 valence electrons. The normalized spacial score (nSPS) is 11.8. The van der Waals surface area contributed by atoms with E-state index in [-0.39, 0.29) is 0 Å². The van der Waals surface area contributed by atoms with Crippen molar-refractivity contribution in [2.45, 2.75) is 0 Å². The lowest BCUT2D eigenvalue weighted by molar-refractivity contribution is 0.668. The van der Waals surface area contributed by atoms with Crippen LogP contribution in [0.5, 0.6) is 0 Å². The van der Waals surface area contributed by atoms with Gasteiger partial charge >= 0.3 is 0 Å². The van der Waals surface area contributed by atoms with Crippen LogP contribution in [0.3, 0.4) is 0 Å². The van der Waals surface area contributed by atoms with Crippen LogP contribution in [0.4, 0.5) is 34.1 Å². The standard InChI is InChI=1S/C54H34N2O2/c1-3-15-36(16-4-1)55(38-28-30-52-47(33-38)43-22-12-14-26-51(43)57-52)48-31-35-32-49(41-20-8-10-24-46(41)54(35)45-23-9-7-19-40(45)48)56(37-17-5-2-6-18-37)39-27-29-44-42-21-11-13-25-50(42)58-53(44)34-39/h1-34H. The number of benzene rings is 10. The van der Waals surface area contributed by atoms with Crippen molar-refractivity contribution < 1.29 is 8.83 Å². The largest absolute Gasteiger partial charge is 0.456 e. The Morgan fingerprint density at radius 2 is 0.672 bits per heavy atom. The zero-order valence-corrected chi connectivity index (χ0v) is 31.3. The van der Waals surface area contributed by atoms with E-state index in [0.717, 1.165) is 83.4 Å². The third-order valence-electron chi connectivity index (χ3n) is 11.6. The summed E-state index contributed by atoms with van der Waals surface area (Å²) in [5.41, 5.74) is 9.91. The highest BCUT2D eigenvalue weighted by molar-refractivity contribution is 6.26. The maximum Gasteiger partial charge on any atom is 0.137 e. The van der Waals surface area contributed by atoms with Gasteiger partial charge in [-0.1, -0.05) is 121 Å². The molecule has 0 fully saturated rings. The molecule has 0 aliphatic heterocycles. The molecule has 0 aliphatic carbocycles. The zero-order valence-electron chi connectivity index (χ0n) is 31.3. The van der Waals surface area contributed by atoms with Gasteiger partial charge in [-0.05, 0) is 100 Å². The van der Waals surface area contributed by atoms with Gasteiger partial charge in [-0.3, -0.25) is 0 Å². The lowest BCUT2D eigenvalue weighted by atomic mass is 9.93. The molecule has 0 bridgehead atoms. The first-order chi connectivity index (χ1) is 28.8. The van der Waals surface area contributed by atoms with Gasteiger partial charge in [-0.25, -0.2) is 0 Å². The molecule has 0 N–H and O–H groups in total. The predicted molar refractivity (Wildman–Crippen MR) is 243 cm³/mol. The molecule has 4 nitrogen and oxygen atoms in total. The summed E-state index contributed by atoms with van der Waals surface area (Å²) in [4.78, 5) is 4.76. The number of furan rings is 2. The molecule has 12 aromatic rings. The van der Waals surface area contributed by atoms with Gasteiger partial charge in [0.25, 0.3) is 0 Å². The van der Waals surface area contributed by atoms with Gasteiger partial charge in [0.15, 0.2) is 0 Å². The van der Waals surface area contributed by atoms with Crippen LogP contribution in [-0.4, -0.2) is 0 Å². The smallest absolute Gasteiger partial charge is 0.137 e. The molecule has 0 unspecified atom stereocenters. The molecule has 0 spiro atoms. The minimum atomic E-state index is 0.860. The van der Waals surface area contributed by atoms with E-state index in [1.165, 1.54) is 26.9 Å². The quantitative estimate of drug-likeness (QED) is 0.159. The average molecular weight is 743 g/mol. The number of para-hydroxylation sites is 4. The fourth-order valence-corrected chi connectivity index (χ4v) is 9.03. The molecule has 0 saturated carbocycles. The fraction of sp³-hybridized carbons (Fsp3) is 0. The minimum Gasteiger partial charge on any atom is -0.456 e. The molecule has 0 radical (unpaired) electrons. The van der Waals surface area contributed by atoms with Crippen molar-refractivity contribution in [1.82, 2.24) is 0 Å². The molecular weight excluding hydrogens is 709 g/mol. The van der Waals surface area contributed by atoms with Gasteiger partial charge in [0.2, 0.25) is 0 Å². The highest BCUT2D eigenvalue weighted by Crippen LogP contribution is 2.48. The van der Waals surface area contributed by atoms with Crippen molar-refractivity contribution >= 4 is 110 Å². The first-order valence-electron chi connectivity index (χ1n) is 19.7. The average Bonchev–Trinajstić information content (AvgIpc) is 3.85. The molecule has 2 heterocycles. The van der Waals surface area contributed by atoms with Crippen LogP contribution in [0.15, 0.2) is 215 Å². The molecule has 4 heteroatoms. The van der Waals surface area contributed by atoms with E-state index in [0.29, 0.717) is 0 Å². The van der Waals surface area contributed by atoms with Crippen LogP contribution in [-0.2, 0) is 0 Å². The highest BCUT2D eigenvalue weighted by Gasteiger charge is 2.23. The Labute approximate surface area is 334 Å². The van der Waals surface area contributed by atoms with E-state index in [1.807, 2.05) is 24.3 Å². The van der Waals surface area contributed by atoms with Crippen LogP contribution >= 0.6 is 0 Å². The second kappa shape index (κ2) is 12.9. The number of nitrogens with zero attached hydrogens (tertiary/aromatic N) is 2. The predicted octanol–water partition coefficient (Wildman–Crippen LogP) is 15.9. The Hall–Kier alpha value is -7.82. The van der Waals surface area contributed by atoms with Crippen LogP contribution in [0.1, 0.15) is 0 Å². The summed E-state index contributed by atoms with van der Waals surface area (Å²) in [7, 11) is 0. The van der Waals surface area contributed by atoms with E-state index in [1.54, 1.807) is 0 Å². The number of anilines is 6. The van der Waals surface area contributed by atoms with Gasteiger partial charge in [0.1, 0.15) is 22.3 Å². The third kappa shape index (κ3) is 5.02. The van der Waals surface area contributed by atoms with Crippen LogP contribution in [0, 0.1) is 0 Å². The van der Waals surface area contributed by atoms with Gasteiger partial charge in [-0.2, -0.15) is 0 Å². The number of hydrogen-bond acceptors (Lipinski definition) is 4. The minimum absolute atomic E-state index is 0.860. The summed E-state index contributed by atoms with van der Waals surface area (Å²) in [6.45, 7) is 0. The Balaban J connectivity index is 1.15. The van der Waals surface area contributed by atoms with E-state index < -0.39 is 0 Å². The lowest BCUT2D eigenvalue weighted by Crippen LogP contribution is -2.12. The Kier molecular flexibility index (Phi) is 7.20. The first kappa shape index (κ1) is 32.4. The van der Waals surface area contributed by atoms with E-state index >= 15 is 0 Å². The zero-order chi connectivity index (χ0) is 38.2. The van der Waals surface area contributed by atoms with Crippen LogP contribution < -0.4 is 9.80 Å². The maximum absolute atomic E-state index is 6.45. The molecule has 0 amide bonds. The maximum atomic E-state index is 6.45. The van der Waals surface area contributed by atoms with Crippen molar-refractivity contribution in [2.75, 3.05) is 9.80 Å². The number of rotatable bonds is 6. The number of hydrogen-bond donors (Lipinski definition) is 0. The summed E-state index contributed by atoms with van der Waals surface area (Å²) < 4.78 is 12.7. The Morgan fingerprint density at radius 3 is 1.26 bits per heavy atom. The SMILES string of the molecule is c1ccc(N(c2ccc3c(c2)oc2ccccc23)c2cc3cc(N(c4ccccc4)c4ccc5oc6ccccc6c5c4)c4ccccc4c3c3ccccc23)cc1. The Bertz CT molecular complexity index is 3530. The van der Waals surface area contributed by atoms with Gasteiger partial charge in [0, 0.05) is 61.1 Å². The fourth-order valence-electron chi connectivity index (χ4n) is 9.03. The van der Waals surface area contributed by atoms with Crippen LogP contribution in [0.25, 0.3) is 76.2 Å².